The molecule has 0 saturated carbocycles. The number of anilines is 1. The van der Waals surface area contributed by atoms with Gasteiger partial charge in [-0.05, 0) is 30.3 Å². The third-order valence-corrected chi connectivity index (χ3v) is 4.05. The quantitative estimate of drug-likeness (QED) is 0.566. The fourth-order valence-electron chi connectivity index (χ4n) is 2.77. The van der Waals surface area contributed by atoms with Gasteiger partial charge in [0.25, 0.3) is 5.91 Å². The van der Waals surface area contributed by atoms with Gasteiger partial charge >= 0.3 is 12.3 Å². The second-order valence-electron chi connectivity index (χ2n) is 5.98. The summed E-state index contributed by atoms with van der Waals surface area (Å²) in [5, 5.41) is 10.7. The number of hydrogen-bond acceptors (Lipinski definition) is 5. The summed E-state index contributed by atoms with van der Waals surface area (Å²) in [4.78, 5) is 26.5. The molecule has 11 heteroatoms. The number of carbonyl (C=O) groups excluding carboxylic acids is 1. The van der Waals surface area contributed by atoms with Crippen LogP contribution in [0, 0.1) is 0 Å². The van der Waals surface area contributed by atoms with Crippen LogP contribution in [-0.4, -0.2) is 29.2 Å². The van der Waals surface area contributed by atoms with Crippen molar-refractivity contribution in [1.29, 1.82) is 0 Å². The van der Waals surface area contributed by atoms with Crippen molar-refractivity contribution >= 4 is 28.6 Å². The van der Waals surface area contributed by atoms with E-state index in [4.69, 9.17) is 20.3 Å². The summed E-state index contributed by atoms with van der Waals surface area (Å²) in [5.74, 6) is -0.686. The van der Waals surface area contributed by atoms with Gasteiger partial charge in [-0.1, -0.05) is 0 Å². The highest BCUT2D eigenvalue weighted by atomic mass is 19.4. The molecule has 0 aliphatic heterocycles. The fourth-order valence-corrected chi connectivity index (χ4v) is 2.77. The number of nitrogens with zero attached hydrogens (tertiary/aromatic N) is 1. The predicted octanol–water partition coefficient (Wildman–Crippen LogP) is 4.24. The summed E-state index contributed by atoms with van der Waals surface area (Å²) in [6.07, 6.45) is -5.10. The number of hydrogen-bond donors (Lipinski definition) is 3. The number of nitrogens with one attached hydrogen (secondary N) is 1. The van der Waals surface area contributed by atoms with Crippen molar-refractivity contribution < 1.29 is 37.3 Å². The van der Waals surface area contributed by atoms with Gasteiger partial charge in [-0.3, -0.25) is 15.1 Å². The number of halogens is 3. The standard InChI is InChI=1S/C19H14F3N3O5/c1-29-16-8-14-10(7-11(16)17(23)26)15(4-5-24-14)30-9-2-3-13(25-18(27)28)12(6-9)19(20,21)22/h2-8,25H,1H3,(H2,23,26)(H,27,28). The molecule has 2 aromatic carbocycles. The molecule has 0 fully saturated rings. The van der Waals surface area contributed by atoms with Crippen LogP contribution in [0.3, 0.4) is 0 Å². The Morgan fingerprint density at radius 1 is 1.13 bits per heavy atom. The number of pyridine rings is 1. The monoisotopic (exact) mass is 421 g/mol. The van der Waals surface area contributed by atoms with Gasteiger partial charge < -0.3 is 20.3 Å². The van der Waals surface area contributed by atoms with Crippen molar-refractivity contribution in [3.05, 3.63) is 53.7 Å². The number of alkyl halides is 3. The van der Waals surface area contributed by atoms with Crippen LogP contribution in [-0.2, 0) is 6.18 Å². The van der Waals surface area contributed by atoms with Crippen molar-refractivity contribution in [3.8, 4) is 17.2 Å². The number of primary amides is 1. The molecule has 0 aliphatic rings. The molecular formula is C19H14F3N3O5. The maximum Gasteiger partial charge on any atom is 0.418 e. The van der Waals surface area contributed by atoms with Gasteiger partial charge in [-0.25, -0.2) is 4.79 Å². The third kappa shape index (κ3) is 4.19. The van der Waals surface area contributed by atoms with Crippen LogP contribution in [0.15, 0.2) is 42.6 Å². The number of aromatic nitrogens is 1. The zero-order chi connectivity index (χ0) is 22.1. The Labute approximate surface area is 167 Å². The van der Waals surface area contributed by atoms with Gasteiger partial charge in [-0.2, -0.15) is 13.2 Å². The Morgan fingerprint density at radius 2 is 1.87 bits per heavy atom. The Morgan fingerprint density at radius 3 is 2.47 bits per heavy atom. The largest absolute Gasteiger partial charge is 0.496 e. The molecule has 3 aromatic rings. The predicted molar refractivity (Wildman–Crippen MR) is 100.0 cm³/mol. The zero-order valence-electron chi connectivity index (χ0n) is 15.3. The number of ether oxygens (including phenoxy) is 2. The summed E-state index contributed by atoms with van der Waals surface area (Å²) < 4.78 is 50.7. The van der Waals surface area contributed by atoms with E-state index in [0.29, 0.717) is 17.0 Å². The second-order valence-corrected chi connectivity index (χ2v) is 5.98. The summed E-state index contributed by atoms with van der Waals surface area (Å²) in [7, 11) is 1.35. The topological polar surface area (TPSA) is 124 Å². The molecule has 0 unspecified atom stereocenters. The molecule has 8 nitrogen and oxygen atoms in total. The molecule has 0 spiro atoms. The van der Waals surface area contributed by atoms with Crippen LogP contribution in [0.2, 0.25) is 0 Å². The zero-order valence-corrected chi connectivity index (χ0v) is 15.3. The van der Waals surface area contributed by atoms with E-state index in [2.05, 4.69) is 4.98 Å². The summed E-state index contributed by atoms with van der Waals surface area (Å²) in [6, 6.07) is 6.98. The molecular weight excluding hydrogens is 407 g/mol. The van der Waals surface area contributed by atoms with Gasteiger partial charge in [0.05, 0.1) is 29.4 Å². The van der Waals surface area contributed by atoms with E-state index in [1.807, 2.05) is 0 Å². The molecule has 156 valence electrons. The number of benzene rings is 2. The maximum atomic E-state index is 13.3. The number of fused-ring (bicyclic) bond motifs is 1. The Bertz CT molecular complexity index is 1150. The van der Waals surface area contributed by atoms with Crippen LogP contribution in [0.4, 0.5) is 23.7 Å². The summed E-state index contributed by atoms with van der Waals surface area (Å²) >= 11 is 0. The number of methoxy groups -OCH3 is 1. The van der Waals surface area contributed by atoms with Crippen molar-refractivity contribution in [2.45, 2.75) is 6.18 Å². The number of carboxylic acid groups (broad SMARTS) is 1. The molecule has 1 heterocycles. The minimum Gasteiger partial charge on any atom is -0.496 e. The lowest BCUT2D eigenvalue weighted by atomic mass is 10.1. The molecule has 1 aromatic heterocycles. The highest BCUT2D eigenvalue weighted by molar-refractivity contribution is 6.01. The Kier molecular flexibility index (Phi) is 5.37. The average molecular weight is 421 g/mol. The maximum absolute atomic E-state index is 13.3. The van der Waals surface area contributed by atoms with E-state index in [-0.39, 0.29) is 22.8 Å². The van der Waals surface area contributed by atoms with Crippen LogP contribution in [0.5, 0.6) is 17.2 Å². The fraction of sp³-hybridized carbons (Fsp3) is 0.105. The van der Waals surface area contributed by atoms with Crippen LogP contribution in [0.1, 0.15) is 15.9 Å². The number of nitrogens with two attached hydrogens (primary N) is 1. The molecule has 0 saturated heterocycles. The van der Waals surface area contributed by atoms with Crippen molar-refractivity contribution in [3.63, 3.8) is 0 Å². The Hall–Kier alpha value is -4.02. The molecule has 2 amide bonds. The SMILES string of the molecule is COc1cc2nccc(Oc3ccc(NC(=O)O)c(C(F)(F)F)c3)c2cc1C(N)=O. The lowest BCUT2D eigenvalue weighted by Crippen LogP contribution is -2.14. The Balaban J connectivity index is 2.09. The van der Waals surface area contributed by atoms with E-state index in [0.717, 1.165) is 6.07 Å². The summed E-state index contributed by atoms with van der Waals surface area (Å²) in [5.41, 5.74) is 3.89. The van der Waals surface area contributed by atoms with E-state index < -0.39 is 29.4 Å². The smallest absolute Gasteiger partial charge is 0.418 e. The molecule has 0 aliphatic carbocycles. The first-order valence-electron chi connectivity index (χ1n) is 8.25. The number of carbonyl (C=O) groups is 2. The minimum atomic E-state index is -4.83. The van der Waals surface area contributed by atoms with Crippen LogP contribution in [0.25, 0.3) is 10.9 Å². The highest BCUT2D eigenvalue weighted by Gasteiger charge is 2.34. The van der Waals surface area contributed by atoms with Crippen molar-refractivity contribution in [2.75, 3.05) is 12.4 Å². The van der Waals surface area contributed by atoms with E-state index in [1.165, 1.54) is 37.6 Å². The normalized spacial score (nSPS) is 11.2. The highest BCUT2D eigenvalue weighted by Crippen LogP contribution is 2.39. The van der Waals surface area contributed by atoms with Crippen LogP contribution >= 0.6 is 0 Å². The minimum absolute atomic E-state index is 0.0415. The molecule has 4 N–H and O–H groups in total. The molecule has 0 bridgehead atoms. The van der Waals surface area contributed by atoms with E-state index in [9.17, 15) is 22.8 Å². The third-order valence-electron chi connectivity index (χ3n) is 4.05. The summed E-state index contributed by atoms with van der Waals surface area (Å²) in [6.45, 7) is 0. The van der Waals surface area contributed by atoms with Gasteiger partial charge in [0.2, 0.25) is 0 Å². The number of amides is 2. The molecule has 0 atom stereocenters. The number of rotatable bonds is 5. The van der Waals surface area contributed by atoms with E-state index in [1.54, 1.807) is 5.32 Å². The molecule has 0 radical (unpaired) electrons. The average Bonchev–Trinajstić information content (AvgIpc) is 2.67. The first-order valence-corrected chi connectivity index (χ1v) is 8.25. The first-order chi connectivity index (χ1) is 14.1. The van der Waals surface area contributed by atoms with Gasteiger partial charge in [0.1, 0.15) is 17.2 Å². The lowest BCUT2D eigenvalue weighted by molar-refractivity contribution is -0.137. The first kappa shape index (κ1) is 20.7. The van der Waals surface area contributed by atoms with Crippen molar-refractivity contribution in [2.24, 2.45) is 5.73 Å². The van der Waals surface area contributed by atoms with Gasteiger partial charge in [-0.15, -0.1) is 0 Å². The lowest BCUT2D eigenvalue weighted by Gasteiger charge is -2.15. The van der Waals surface area contributed by atoms with Crippen LogP contribution < -0.4 is 20.5 Å². The van der Waals surface area contributed by atoms with E-state index >= 15 is 0 Å². The second kappa shape index (κ2) is 7.78. The van der Waals surface area contributed by atoms with Gasteiger partial charge in [0.15, 0.2) is 0 Å². The molecule has 3 rings (SSSR count). The van der Waals surface area contributed by atoms with Gasteiger partial charge in [0, 0.05) is 17.6 Å². The molecule has 30 heavy (non-hydrogen) atoms. The van der Waals surface area contributed by atoms with Crippen molar-refractivity contribution in [1.82, 2.24) is 4.98 Å².